The molecule has 0 spiro atoms. The van der Waals surface area contributed by atoms with Gasteiger partial charge in [-0.1, -0.05) is 12.1 Å². The van der Waals surface area contributed by atoms with Gasteiger partial charge in [0.2, 0.25) is 0 Å². The van der Waals surface area contributed by atoms with Crippen LogP contribution < -0.4 is 5.32 Å². The average molecular weight is 186 g/mol. The van der Waals surface area contributed by atoms with E-state index in [1.165, 1.54) is 0 Å². The van der Waals surface area contributed by atoms with Crippen molar-refractivity contribution in [1.82, 2.24) is 10.3 Å². The Labute approximate surface area is 81.8 Å². The minimum Gasteiger partial charge on any atom is -0.355 e. The van der Waals surface area contributed by atoms with Crippen molar-refractivity contribution < 1.29 is 4.79 Å². The molecule has 1 amide bonds. The lowest BCUT2D eigenvalue weighted by Crippen LogP contribution is -2.17. The van der Waals surface area contributed by atoms with E-state index in [1.54, 1.807) is 25.5 Å². The Balaban J connectivity index is 2.71. The lowest BCUT2D eigenvalue weighted by atomic mass is 10.1. The van der Waals surface area contributed by atoms with Gasteiger partial charge < -0.3 is 5.32 Å². The fourth-order valence-corrected chi connectivity index (χ4v) is 1.46. The normalized spacial score (nSPS) is 10.1. The maximum atomic E-state index is 11.5. The third-order valence-electron chi connectivity index (χ3n) is 2.15. The van der Waals surface area contributed by atoms with Gasteiger partial charge in [0.1, 0.15) is 0 Å². The first-order valence-electron chi connectivity index (χ1n) is 4.38. The van der Waals surface area contributed by atoms with Crippen LogP contribution in [0.5, 0.6) is 0 Å². The van der Waals surface area contributed by atoms with Crippen LogP contribution in [0.4, 0.5) is 0 Å². The second-order valence-electron chi connectivity index (χ2n) is 2.98. The number of aromatic nitrogens is 1. The highest BCUT2D eigenvalue weighted by atomic mass is 16.1. The standard InChI is InChI=1S/C11H10N2O/c1-12-11(14)10-4-2-3-8-7-13-6-5-9(8)10/h2-7H,1H3,(H,12,14). The van der Waals surface area contributed by atoms with Crippen LogP contribution in [0.25, 0.3) is 10.8 Å². The molecule has 2 rings (SSSR count). The van der Waals surface area contributed by atoms with Gasteiger partial charge >= 0.3 is 0 Å². The zero-order valence-electron chi connectivity index (χ0n) is 7.82. The first-order valence-corrected chi connectivity index (χ1v) is 4.38. The molecule has 3 heteroatoms. The van der Waals surface area contributed by atoms with Gasteiger partial charge in [-0.15, -0.1) is 0 Å². The Morgan fingerprint density at radius 1 is 1.36 bits per heavy atom. The summed E-state index contributed by atoms with van der Waals surface area (Å²) in [5.41, 5.74) is 0.687. The lowest BCUT2D eigenvalue weighted by molar-refractivity contribution is 0.0965. The summed E-state index contributed by atoms with van der Waals surface area (Å²) in [6.07, 6.45) is 3.44. The van der Waals surface area contributed by atoms with E-state index in [9.17, 15) is 4.79 Å². The first kappa shape index (κ1) is 8.69. The molecule has 0 bridgehead atoms. The van der Waals surface area contributed by atoms with Crippen LogP contribution in [0.1, 0.15) is 10.4 Å². The molecule has 0 aliphatic rings. The van der Waals surface area contributed by atoms with Crippen molar-refractivity contribution >= 4 is 16.7 Å². The molecule has 0 aliphatic heterocycles. The summed E-state index contributed by atoms with van der Waals surface area (Å²) in [6, 6.07) is 7.45. The van der Waals surface area contributed by atoms with E-state index >= 15 is 0 Å². The minimum absolute atomic E-state index is 0.0678. The summed E-state index contributed by atoms with van der Waals surface area (Å²) in [5.74, 6) is -0.0678. The van der Waals surface area contributed by atoms with Crippen molar-refractivity contribution in [3.63, 3.8) is 0 Å². The number of nitrogens with one attached hydrogen (secondary N) is 1. The molecule has 0 aliphatic carbocycles. The third-order valence-corrected chi connectivity index (χ3v) is 2.15. The number of carbonyl (C=O) groups is 1. The monoisotopic (exact) mass is 186 g/mol. The number of fused-ring (bicyclic) bond motifs is 1. The van der Waals surface area contributed by atoms with Crippen LogP contribution in [0, 0.1) is 0 Å². The number of hydrogen-bond acceptors (Lipinski definition) is 2. The second kappa shape index (κ2) is 3.46. The van der Waals surface area contributed by atoms with E-state index in [0.717, 1.165) is 10.8 Å². The number of rotatable bonds is 1. The Morgan fingerprint density at radius 2 is 2.21 bits per heavy atom. The summed E-state index contributed by atoms with van der Waals surface area (Å²) in [5, 5.41) is 4.53. The van der Waals surface area contributed by atoms with Crippen molar-refractivity contribution in [2.24, 2.45) is 0 Å². The average Bonchev–Trinajstić information content (AvgIpc) is 2.27. The third kappa shape index (κ3) is 1.33. The smallest absolute Gasteiger partial charge is 0.251 e. The molecule has 0 saturated carbocycles. The molecule has 70 valence electrons. The molecule has 0 fully saturated rings. The van der Waals surface area contributed by atoms with Crippen molar-refractivity contribution in [3.05, 3.63) is 42.2 Å². The Kier molecular flexibility index (Phi) is 2.14. The van der Waals surface area contributed by atoms with Crippen LogP contribution in [0.2, 0.25) is 0 Å². The van der Waals surface area contributed by atoms with Gasteiger partial charge in [0.25, 0.3) is 5.91 Å². The molecule has 2 aromatic rings. The predicted molar refractivity (Wildman–Crippen MR) is 55.1 cm³/mol. The Hall–Kier alpha value is -1.90. The van der Waals surface area contributed by atoms with Gasteiger partial charge in [-0.3, -0.25) is 9.78 Å². The van der Waals surface area contributed by atoms with Crippen LogP contribution in [-0.2, 0) is 0 Å². The van der Waals surface area contributed by atoms with Gasteiger partial charge in [-0.05, 0) is 17.5 Å². The van der Waals surface area contributed by atoms with Gasteiger partial charge in [0.15, 0.2) is 0 Å². The quantitative estimate of drug-likeness (QED) is 0.734. The van der Waals surface area contributed by atoms with Crippen LogP contribution in [0.15, 0.2) is 36.7 Å². The zero-order valence-corrected chi connectivity index (χ0v) is 7.82. The first-order chi connectivity index (χ1) is 6.83. The second-order valence-corrected chi connectivity index (χ2v) is 2.98. The van der Waals surface area contributed by atoms with E-state index < -0.39 is 0 Å². The van der Waals surface area contributed by atoms with Crippen LogP contribution in [-0.4, -0.2) is 17.9 Å². The minimum atomic E-state index is -0.0678. The topological polar surface area (TPSA) is 42.0 Å². The van der Waals surface area contributed by atoms with E-state index in [2.05, 4.69) is 10.3 Å². The van der Waals surface area contributed by atoms with E-state index in [1.807, 2.05) is 18.2 Å². The number of amides is 1. The van der Waals surface area contributed by atoms with Crippen LogP contribution >= 0.6 is 0 Å². The van der Waals surface area contributed by atoms with Crippen LogP contribution in [0.3, 0.4) is 0 Å². The fourth-order valence-electron chi connectivity index (χ4n) is 1.46. The largest absolute Gasteiger partial charge is 0.355 e. The van der Waals surface area contributed by atoms with Gasteiger partial charge in [-0.2, -0.15) is 0 Å². The molecule has 0 atom stereocenters. The number of pyridine rings is 1. The molecule has 1 aromatic heterocycles. The van der Waals surface area contributed by atoms with Crippen molar-refractivity contribution in [2.75, 3.05) is 7.05 Å². The summed E-state index contributed by atoms with van der Waals surface area (Å²) in [6.45, 7) is 0. The summed E-state index contributed by atoms with van der Waals surface area (Å²) < 4.78 is 0. The number of carbonyl (C=O) groups excluding carboxylic acids is 1. The van der Waals surface area contributed by atoms with Crippen molar-refractivity contribution in [3.8, 4) is 0 Å². The van der Waals surface area contributed by atoms with Gasteiger partial charge in [0, 0.05) is 30.4 Å². The van der Waals surface area contributed by atoms with Gasteiger partial charge in [0.05, 0.1) is 0 Å². The predicted octanol–water partition coefficient (Wildman–Crippen LogP) is 1.59. The SMILES string of the molecule is CNC(=O)c1cccc2cnccc12. The zero-order chi connectivity index (χ0) is 9.97. The highest BCUT2D eigenvalue weighted by molar-refractivity contribution is 6.06. The molecule has 14 heavy (non-hydrogen) atoms. The van der Waals surface area contributed by atoms with E-state index in [4.69, 9.17) is 0 Å². The number of nitrogens with zero attached hydrogens (tertiary/aromatic N) is 1. The fraction of sp³-hybridized carbons (Fsp3) is 0.0909. The summed E-state index contributed by atoms with van der Waals surface area (Å²) in [4.78, 5) is 15.5. The summed E-state index contributed by atoms with van der Waals surface area (Å²) >= 11 is 0. The molecule has 1 N–H and O–H groups in total. The molecule has 3 nitrogen and oxygen atoms in total. The van der Waals surface area contributed by atoms with Gasteiger partial charge in [-0.25, -0.2) is 0 Å². The molecule has 1 heterocycles. The molecular weight excluding hydrogens is 176 g/mol. The molecule has 0 saturated heterocycles. The Bertz CT molecular complexity index is 474. The molecule has 0 unspecified atom stereocenters. The van der Waals surface area contributed by atoms with Crippen molar-refractivity contribution in [1.29, 1.82) is 0 Å². The van der Waals surface area contributed by atoms with Crippen molar-refractivity contribution in [2.45, 2.75) is 0 Å². The van der Waals surface area contributed by atoms with E-state index in [-0.39, 0.29) is 5.91 Å². The Morgan fingerprint density at radius 3 is 3.00 bits per heavy atom. The molecular formula is C11H10N2O. The molecule has 0 radical (unpaired) electrons. The highest BCUT2D eigenvalue weighted by Crippen LogP contribution is 2.16. The highest BCUT2D eigenvalue weighted by Gasteiger charge is 2.06. The molecule has 1 aromatic carbocycles. The number of benzene rings is 1. The maximum Gasteiger partial charge on any atom is 0.251 e. The lowest BCUT2D eigenvalue weighted by Gasteiger charge is -2.03. The maximum absolute atomic E-state index is 11.5. The summed E-state index contributed by atoms with van der Waals surface area (Å²) in [7, 11) is 1.63. The number of hydrogen-bond donors (Lipinski definition) is 1. The van der Waals surface area contributed by atoms with E-state index in [0.29, 0.717) is 5.56 Å².